The highest BCUT2D eigenvalue weighted by atomic mass is 35.5. The van der Waals surface area contributed by atoms with Crippen LogP contribution in [0.5, 0.6) is 11.5 Å². The van der Waals surface area contributed by atoms with Crippen LogP contribution >= 0.6 is 11.6 Å². The van der Waals surface area contributed by atoms with Crippen LogP contribution in [0.4, 0.5) is 5.69 Å². The van der Waals surface area contributed by atoms with Crippen molar-refractivity contribution in [3.05, 3.63) is 76.7 Å². The molecule has 1 heterocycles. The Morgan fingerprint density at radius 1 is 1.17 bits per heavy atom. The molecule has 0 aliphatic carbocycles. The highest BCUT2D eigenvalue weighted by Gasteiger charge is 2.15. The second-order valence-electron chi connectivity index (χ2n) is 5.65. The number of ether oxygens (including phenoxy) is 2. The standard InChI is InChI=1S/C20H15ClN2O6/c1-27-18-9-12(4-7-16(18)29-20(26)17-3-2-8-28-17)11-22-23-15-10-13(19(24)25)5-6-14(15)21/h2-11,23H,1H3,(H,24,25)/b22-11-. The third-order valence-corrected chi connectivity index (χ3v) is 4.05. The average molecular weight is 415 g/mol. The summed E-state index contributed by atoms with van der Waals surface area (Å²) < 4.78 is 15.5. The molecule has 0 radical (unpaired) electrons. The molecule has 8 nitrogen and oxygen atoms in total. The maximum absolute atomic E-state index is 12.0. The van der Waals surface area contributed by atoms with Crippen molar-refractivity contribution in [1.29, 1.82) is 0 Å². The van der Waals surface area contributed by atoms with Crippen LogP contribution in [-0.2, 0) is 0 Å². The second-order valence-corrected chi connectivity index (χ2v) is 6.05. The van der Waals surface area contributed by atoms with Gasteiger partial charge in [0.25, 0.3) is 0 Å². The van der Waals surface area contributed by atoms with E-state index in [4.69, 9.17) is 30.6 Å². The summed E-state index contributed by atoms with van der Waals surface area (Å²) in [5.41, 5.74) is 3.76. The molecule has 0 saturated heterocycles. The lowest BCUT2D eigenvalue weighted by atomic mass is 10.2. The molecule has 0 fully saturated rings. The number of halogens is 1. The molecular weight excluding hydrogens is 400 g/mol. The van der Waals surface area contributed by atoms with Crippen LogP contribution in [0.3, 0.4) is 0 Å². The van der Waals surface area contributed by atoms with Gasteiger partial charge in [0, 0.05) is 0 Å². The smallest absolute Gasteiger partial charge is 0.379 e. The zero-order chi connectivity index (χ0) is 20.8. The fourth-order valence-corrected chi connectivity index (χ4v) is 2.47. The number of benzene rings is 2. The van der Waals surface area contributed by atoms with Gasteiger partial charge < -0.3 is 19.0 Å². The molecule has 3 rings (SSSR count). The van der Waals surface area contributed by atoms with E-state index in [1.54, 1.807) is 24.3 Å². The summed E-state index contributed by atoms with van der Waals surface area (Å²) in [6.45, 7) is 0. The quantitative estimate of drug-likeness (QED) is 0.256. The predicted octanol–water partition coefficient (Wildman–Crippen LogP) is 4.31. The maximum Gasteiger partial charge on any atom is 0.379 e. The fraction of sp³-hybridized carbons (Fsp3) is 0.0500. The number of nitrogens with one attached hydrogen (secondary N) is 1. The normalized spacial score (nSPS) is 10.7. The van der Waals surface area contributed by atoms with Gasteiger partial charge in [-0.1, -0.05) is 11.6 Å². The van der Waals surface area contributed by atoms with Crippen molar-refractivity contribution in [3.63, 3.8) is 0 Å². The minimum Gasteiger partial charge on any atom is -0.493 e. The van der Waals surface area contributed by atoms with Crippen LogP contribution in [0.1, 0.15) is 26.5 Å². The first-order valence-electron chi connectivity index (χ1n) is 8.23. The molecule has 0 unspecified atom stereocenters. The van der Waals surface area contributed by atoms with Crippen molar-refractivity contribution < 1.29 is 28.6 Å². The Hall–Kier alpha value is -3.78. The highest BCUT2D eigenvalue weighted by molar-refractivity contribution is 6.33. The number of aromatic carboxylic acids is 1. The average Bonchev–Trinajstić information content (AvgIpc) is 3.25. The molecule has 2 aromatic carbocycles. The Morgan fingerprint density at radius 2 is 2.00 bits per heavy atom. The van der Waals surface area contributed by atoms with Crippen LogP contribution in [0.2, 0.25) is 5.02 Å². The number of anilines is 1. The van der Waals surface area contributed by atoms with Gasteiger partial charge in [0.15, 0.2) is 11.5 Å². The Bertz CT molecular complexity index is 1060. The summed E-state index contributed by atoms with van der Waals surface area (Å²) in [6.07, 6.45) is 2.85. The molecule has 1 aromatic heterocycles. The van der Waals surface area contributed by atoms with Gasteiger partial charge >= 0.3 is 11.9 Å². The number of carboxylic acid groups (broad SMARTS) is 1. The summed E-state index contributed by atoms with van der Waals surface area (Å²) in [5.74, 6) is -1.11. The topological polar surface area (TPSA) is 110 Å². The summed E-state index contributed by atoms with van der Waals surface area (Å²) >= 11 is 6.04. The highest BCUT2D eigenvalue weighted by Crippen LogP contribution is 2.28. The Morgan fingerprint density at radius 3 is 2.69 bits per heavy atom. The minimum absolute atomic E-state index is 0.0716. The van der Waals surface area contributed by atoms with E-state index < -0.39 is 11.9 Å². The van der Waals surface area contributed by atoms with Gasteiger partial charge in [-0.2, -0.15) is 5.10 Å². The number of methoxy groups -OCH3 is 1. The van der Waals surface area contributed by atoms with Crippen molar-refractivity contribution >= 4 is 35.4 Å². The molecule has 0 aliphatic rings. The van der Waals surface area contributed by atoms with E-state index in [-0.39, 0.29) is 17.1 Å². The maximum atomic E-state index is 12.0. The van der Waals surface area contributed by atoms with Crippen molar-refractivity contribution in [2.75, 3.05) is 12.5 Å². The largest absolute Gasteiger partial charge is 0.493 e. The van der Waals surface area contributed by atoms with Gasteiger partial charge in [-0.3, -0.25) is 5.43 Å². The van der Waals surface area contributed by atoms with E-state index >= 15 is 0 Å². The van der Waals surface area contributed by atoms with Gasteiger partial charge in [-0.15, -0.1) is 0 Å². The Labute approximate surface area is 170 Å². The summed E-state index contributed by atoms with van der Waals surface area (Å²) in [4.78, 5) is 23.1. The lowest BCUT2D eigenvalue weighted by Gasteiger charge is -2.09. The monoisotopic (exact) mass is 414 g/mol. The molecular formula is C20H15ClN2O6. The second kappa shape index (κ2) is 8.94. The van der Waals surface area contributed by atoms with E-state index in [1.807, 2.05) is 0 Å². The number of carbonyl (C=O) groups is 2. The molecule has 9 heteroatoms. The number of nitrogens with zero attached hydrogens (tertiary/aromatic N) is 1. The number of rotatable bonds is 7. The SMILES string of the molecule is COc1cc(/C=N\Nc2cc(C(=O)O)ccc2Cl)ccc1OC(=O)c1ccco1. The van der Waals surface area contributed by atoms with Crippen LogP contribution < -0.4 is 14.9 Å². The minimum atomic E-state index is -1.07. The Kier molecular flexibility index (Phi) is 6.16. The zero-order valence-corrected chi connectivity index (χ0v) is 15.8. The molecule has 29 heavy (non-hydrogen) atoms. The molecule has 2 N–H and O–H groups in total. The van der Waals surface area contributed by atoms with Crippen molar-refractivity contribution in [2.45, 2.75) is 0 Å². The van der Waals surface area contributed by atoms with Gasteiger partial charge in [0.2, 0.25) is 5.76 Å². The fourth-order valence-electron chi connectivity index (χ4n) is 2.31. The number of carboxylic acids is 1. The predicted molar refractivity (Wildman–Crippen MR) is 106 cm³/mol. The van der Waals surface area contributed by atoms with Gasteiger partial charge in [0.05, 0.1) is 35.9 Å². The number of furan rings is 1. The van der Waals surface area contributed by atoms with Gasteiger partial charge in [-0.25, -0.2) is 9.59 Å². The molecule has 0 amide bonds. The van der Waals surface area contributed by atoms with E-state index in [2.05, 4.69) is 10.5 Å². The molecule has 0 saturated carbocycles. The number of carbonyl (C=O) groups excluding carboxylic acids is 1. The summed E-state index contributed by atoms with van der Waals surface area (Å²) in [6, 6.07) is 12.1. The first-order valence-corrected chi connectivity index (χ1v) is 8.61. The molecule has 0 bridgehead atoms. The number of esters is 1. The van der Waals surface area contributed by atoms with Crippen LogP contribution in [0.15, 0.2) is 64.3 Å². The van der Waals surface area contributed by atoms with Gasteiger partial charge in [0.1, 0.15) is 0 Å². The van der Waals surface area contributed by atoms with Crippen molar-refractivity contribution in [1.82, 2.24) is 0 Å². The zero-order valence-electron chi connectivity index (χ0n) is 15.1. The van der Waals surface area contributed by atoms with E-state index in [0.717, 1.165) is 0 Å². The molecule has 3 aromatic rings. The van der Waals surface area contributed by atoms with Crippen molar-refractivity contribution in [3.8, 4) is 11.5 Å². The Balaban J connectivity index is 1.72. The molecule has 0 spiro atoms. The lowest BCUT2D eigenvalue weighted by Crippen LogP contribution is -2.08. The van der Waals surface area contributed by atoms with Crippen molar-refractivity contribution in [2.24, 2.45) is 5.10 Å². The first kappa shape index (κ1) is 20.0. The van der Waals surface area contributed by atoms with E-state index in [9.17, 15) is 9.59 Å². The van der Waals surface area contributed by atoms with Crippen LogP contribution in [-0.4, -0.2) is 30.4 Å². The third-order valence-electron chi connectivity index (χ3n) is 3.72. The van der Waals surface area contributed by atoms with Crippen LogP contribution in [0.25, 0.3) is 0 Å². The number of hydrogen-bond acceptors (Lipinski definition) is 7. The third kappa shape index (κ3) is 4.94. The van der Waals surface area contributed by atoms with Crippen LogP contribution in [0, 0.1) is 0 Å². The first-order chi connectivity index (χ1) is 14.0. The summed E-state index contributed by atoms with van der Waals surface area (Å²) in [7, 11) is 1.44. The number of hydrazone groups is 1. The molecule has 148 valence electrons. The molecule has 0 atom stereocenters. The molecule has 0 aliphatic heterocycles. The van der Waals surface area contributed by atoms with E-state index in [1.165, 1.54) is 43.9 Å². The van der Waals surface area contributed by atoms with E-state index in [0.29, 0.717) is 22.0 Å². The van der Waals surface area contributed by atoms with Gasteiger partial charge in [-0.05, 0) is 54.1 Å². The number of hydrogen-bond donors (Lipinski definition) is 2. The summed E-state index contributed by atoms with van der Waals surface area (Å²) in [5, 5.41) is 13.4. The lowest BCUT2D eigenvalue weighted by molar-refractivity contribution is 0.0687.